The molecule has 0 aromatic heterocycles. The van der Waals surface area contributed by atoms with Crippen LogP contribution in [0.5, 0.6) is 5.75 Å². The number of fused-ring (bicyclic) bond motifs is 4. The zero-order valence-electron chi connectivity index (χ0n) is 8.16. The minimum atomic E-state index is 0.487. The van der Waals surface area contributed by atoms with Crippen molar-refractivity contribution in [2.24, 2.45) is 0 Å². The highest BCUT2D eigenvalue weighted by Crippen LogP contribution is 2.39. The molecule has 0 amide bonds. The topological polar surface area (TPSA) is 32.3 Å². The Morgan fingerprint density at radius 3 is 3.21 bits per heavy atom. The van der Waals surface area contributed by atoms with Crippen molar-refractivity contribution in [1.29, 1.82) is 0 Å². The molecule has 0 spiro atoms. The van der Waals surface area contributed by atoms with Crippen molar-refractivity contribution in [3.05, 3.63) is 29.3 Å². The van der Waals surface area contributed by atoms with Gasteiger partial charge in [-0.3, -0.25) is 0 Å². The van der Waals surface area contributed by atoms with E-state index in [9.17, 15) is 5.11 Å². The summed E-state index contributed by atoms with van der Waals surface area (Å²) in [5.74, 6) is 1.16. The van der Waals surface area contributed by atoms with Gasteiger partial charge in [-0.15, -0.1) is 0 Å². The summed E-state index contributed by atoms with van der Waals surface area (Å²) in [5.41, 5.74) is 2.57. The third kappa shape index (κ3) is 1.14. The number of aromatic hydroxyl groups is 1. The van der Waals surface area contributed by atoms with E-state index in [2.05, 4.69) is 11.4 Å². The van der Waals surface area contributed by atoms with Gasteiger partial charge in [-0.25, -0.2) is 0 Å². The number of hydrogen-bond donors (Lipinski definition) is 2. The minimum absolute atomic E-state index is 0.487. The Bertz CT molecular complexity index is 361. The summed E-state index contributed by atoms with van der Waals surface area (Å²) in [6, 6.07) is 6.55. The molecule has 0 radical (unpaired) electrons. The Morgan fingerprint density at radius 2 is 2.29 bits per heavy atom. The molecule has 1 aromatic rings. The lowest BCUT2D eigenvalue weighted by atomic mass is 9.76. The van der Waals surface area contributed by atoms with E-state index in [0.717, 1.165) is 13.0 Å². The van der Waals surface area contributed by atoms with E-state index in [1.54, 1.807) is 6.07 Å². The first kappa shape index (κ1) is 8.30. The summed E-state index contributed by atoms with van der Waals surface area (Å²) in [6.07, 6.45) is 3.46. The van der Waals surface area contributed by atoms with E-state index in [-0.39, 0.29) is 0 Å². The number of benzene rings is 1. The normalized spacial score (nSPS) is 29.7. The van der Waals surface area contributed by atoms with E-state index in [1.807, 2.05) is 6.07 Å². The molecule has 74 valence electrons. The second-order valence-corrected chi connectivity index (χ2v) is 4.42. The third-order valence-corrected chi connectivity index (χ3v) is 3.57. The van der Waals surface area contributed by atoms with Gasteiger partial charge in [0.1, 0.15) is 5.75 Å². The summed E-state index contributed by atoms with van der Waals surface area (Å²) in [4.78, 5) is 0. The Hall–Kier alpha value is -1.02. The van der Waals surface area contributed by atoms with Crippen molar-refractivity contribution in [2.45, 2.75) is 31.2 Å². The fourth-order valence-electron chi connectivity index (χ4n) is 2.89. The van der Waals surface area contributed by atoms with E-state index < -0.39 is 0 Å². The Balaban J connectivity index is 2.10. The Kier molecular flexibility index (Phi) is 1.77. The van der Waals surface area contributed by atoms with Crippen molar-refractivity contribution in [2.75, 3.05) is 6.54 Å². The predicted octanol–water partition coefficient (Wildman–Crippen LogP) is 1.78. The van der Waals surface area contributed by atoms with Crippen LogP contribution in [0.15, 0.2) is 18.2 Å². The summed E-state index contributed by atoms with van der Waals surface area (Å²) in [5, 5.41) is 13.3. The molecule has 2 atom stereocenters. The zero-order chi connectivity index (χ0) is 9.54. The van der Waals surface area contributed by atoms with Gasteiger partial charge in [-0.05, 0) is 48.9 Å². The van der Waals surface area contributed by atoms with Gasteiger partial charge in [0.05, 0.1) is 0 Å². The summed E-state index contributed by atoms with van der Waals surface area (Å²) < 4.78 is 0. The van der Waals surface area contributed by atoms with Gasteiger partial charge in [0.15, 0.2) is 0 Å². The van der Waals surface area contributed by atoms with E-state index in [4.69, 9.17) is 0 Å². The van der Waals surface area contributed by atoms with Crippen molar-refractivity contribution in [3.63, 3.8) is 0 Å². The number of rotatable bonds is 0. The molecule has 14 heavy (non-hydrogen) atoms. The molecule has 1 saturated heterocycles. The molecule has 2 nitrogen and oxygen atoms in total. The monoisotopic (exact) mass is 189 g/mol. The maximum Gasteiger partial charge on any atom is 0.119 e. The largest absolute Gasteiger partial charge is 0.508 e. The number of phenolic OH excluding ortho intramolecular Hbond substituents is 1. The molecule has 1 fully saturated rings. The van der Waals surface area contributed by atoms with Crippen LogP contribution < -0.4 is 5.32 Å². The highest BCUT2D eigenvalue weighted by Gasteiger charge is 2.31. The highest BCUT2D eigenvalue weighted by atomic mass is 16.3. The SMILES string of the molecule is Oc1cccc2c1CC1CC2CCN1. The molecule has 2 N–H and O–H groups in total. The molecule has 1 aromatic carbocycles. The van der Waals surface area contributed by atoms with E-state index in [1.165, 1.54) is 24.0 Å². The molecule has 0 saturated carbocycles. The smallest absolute Gasteiger partial charge is 0.119 e. The summed E-state index contributed by atoms with van der Waals surface area (Å²) >= 11 is 0. The average Bonchev–Trinajstić information content (AvgIpc) is 2.20. The first-order chi connectivity index (χ1) is 6.84. The molecule has 1 aliphatic carbocycles. The first-order valence-corrected chi connectivity index (χ1v) is 5.39. The van der Waals surface area contributed by atoms with E-state index in [0.29, 0.717) is 17.7 Å². The molecule has 3 rings (SSSR count). The third-order valence-electron chi connectivity index (χ3n) is 3.57. The van der Waals surface area contributed by atoms with Crippen molar-refractivity contribution < 1.29 is 5.11 Å². The van der Waals surface area contributed by atoms with Crippen molar-refractivity contribution in [1.82, 2.24) is 5.32 Å². The van der Waals surface area contributed by atoms with Crippen molar-refractivity contribution in [3.8, 4) is 5.75 Å². The van der Waals surface area contributed by atoms with Crippen LogP contribution in [-0.2, 0) is 6.42 Å². The van der Waals surface area contributed by atoms with Gasteiger partial charge in [0, 0.05) is 6.04 Å². The number of phenols is 1. The van der Waals surface area contributed by atoms with Crippen LogP contribution in [0, 0.1) is 0 Å². The lowest BCUT2D eigenvalue weighted by molar-refractivity contribution is 0.331. The lowest BCUT2D eigenvalue weighted by Crippen LogP contribution is -2.42. The lowest BCUT2D eigenvalue weighted by Gasteiger charge is -2.37. The second-order valence-electron chi connectivity index (χ2n) is 4.42. The van der Waals surface area contributed by atoms with Crippen LogP contribution in [0.4, 0.5) is 0 Å². The maximum absolute atomic E-state index is 9.78. The average molecular weight is 189 g/mol. The zero-order valence-corrected chi connectivity index (χ0v) is 8.16. The maximum atomic E-state index is 9.78. The van der Waals surface area contributed by atoms with Gasteiger partial charge in [-0.2, -0.15) is 0 Å². The van der Waals surface area contributed by atoms with Gasteiger partial charge >= 0.3 is 0 Å². The molecule has 1 aliphatic heterocycles. The van der Waals surface area contributed by atoms with Crippen LogP contribution in [0.25, 0.3) is 0 Å². The number of hydrogen-bond acceptors (Lipinski definition) is 2. The van der Waals surface area contributed by atoms with Crippen LogP contribution in [0.1, 0.15) is 29.9 Å². The van der Waals surface area contributed by atoms with Gasteiger partial charge in [-0.1, -0.05) is 12.1 Å². The van der Waals surface area contributed by atoms with Crippen LogP contribution >= 0.6 is 0 Å². The molecule has 2 aliphatic rings. The quantitative estimate of drug-likeness (QED) is 0.652. The fourth-order valence-corrected chi connectivity index (χ4v) is 2.89. The Labute approximate surface area is 84.0 Å². The standard InChI is InChI=1S/C12H15NO/c14-12-3-1-2-10-8-4-5-13-9(6-8)7-11(10)12/h1-3,8-9,13-14H,4-7H2. The minimum Gasteiger partial charge on any atom is -0.508 e. The second kappa shape index (κ2) is 2.99. The van der Waals surface area contributed by atoms with Crippen LogP contribution in [0.2, 0.25) is 0 Å². The molecule has 2 unspecified atom stereocenters. The molecule has 1 heterocycles. The highest BCUT2D eigenvalue weighted by molar-refractivity contribution is 5.44. The van der Waals surface area contributed by atoms with Crippen molar-refractivity contribution >= 4 is 0 Å². The molecule has 2 bridgehead atoms. The molecule has 2 heteroatoms. The van der Waals surface area contributed by atoms with E-state index >= 15 is 0 Å². The predicted molar refractivity (Wildman–Crippen MR) is 55.6 cm³/mol. The summed E-state index contributed by atoms with van der Waals surface area (Å²) in [7, 11) is 0. The fraction of sp³-hybridized carbons (Fsp3) is 0.500. The van der Waals surface area contributed by atoms with Gasteiger partial charge in [0.25, 0.3) is 0 Å². The number of nitrogens with one attached hydrogen (secondary N) is 1. The van der Waals surface area contributed by atoms with Gasteiger partial charge < -0.3 is 10.4 Å². The van der Waals surface area contributed by atoms with Gasteiger partial charge in [0.2, 0.25) is 0 Å². The number of piperidine rings is 1. The molecular formula is C12H15NO. The Morgan fingerprint density at radius 1 is 1.36 bits per heavy atom. The van der Waals surface area contributed by atoms with Crippen LogP contribution in [0.3, 0.4) is 0 Å². The first-order valence-electron chi connectivity index (χ1n) is 5.39. The van der Waals surface area contributed by atoms with Crippen LogP contribution in [-0.4, -0.2) is 17.7 Å². The summed E-state index contributed by atoms with van der Waals surface area (Å²) in [6.45, 7) is 1.13. The molecular weight excluding hydrogens is 174 g/mol.